The summed E-state index contributed by atoms with van der Waals surface area (Å²) >= 11 is 0. The fraction of sp³-hybridized carbons (Fsp3) is 0.375. The van der Waals surface area contributed by atoms with Crippen LogP contribution in [0.2, 0.25) is 0 Å². The molecule has 4 heteroatoms. The normalized spacial score (nSPS) is 13.7. The lowest BCUT2D eigenvalue weighted by Gasteiger charge is -2.15. The summed E-state index contributed by atoms with van der Waals surface area (Å²) in [5, 5.41) is 8.88. The van der Waals surface area contributed by atoms with E-state index in [0.717, 1.165) is 37.2 Å². The fourth-order valence-corrected chi connectivity index (χ4v) is 2.17. The van der Waals surface area contributed by atoms with Gasteiger partial charge >= 0.3 is 0 Å². The maximum Gasteiger partial charge on any atom is 0.139 e. The first kappa shape index (κ1) is 14.3. The molecule has 1 aromatic carbocycles. The van der Waals surface area contributed by atoms with Crippen molar-refractivity contribution < 1.29 is 0 Å². The topological polar surface area (TPSA) is 67.6 Å². The van der Waals surface area contributed by atoms with Crippen molar-refractivity contribution in [2.75, 3.05) is 0 Å². The van der Waals surface area contributed by atoms with Crippen molar-refractivity contribution in [2.24, 2.45) is 5.73 Å². The second-order valence-corrected chi connectivity index (χ2v) is 5.30. The molecule has 0 spiro atoms. The Hall–Kier alpha value is -2.12. The largest absolute Gasteiger partial charge is 0.331 e. The Morgan fingerprint density at radius 1 is 1.30 bits per heavy atom. The average molecular weight is 268 g/mol. The van der Waals surface area contributed by atoms with Gasteiger partial charge in [0.1, 0.15) is 11.4 Å². The number of nitriles is 1. The van der Waals surface area contributed by atoms with Crippen LogP contribution in [0.4, 0.5) is 0 Å². The molecule has 1 heterocycles. The maximum atomic E-state index is 8.88. The van der Waals surface area contributed by atoms with Gasteiger partial charge in [-0.25, -0.2) is 4.98 Å². The molecule has 0 aliphatic heterocycles. The first-order valence-electron chi connectivity index (χ1n) is 6.89. The molecule has 0 aliphatic rings. The standard InChI is InChI=1S/C16H20N4/c1-16(18,13-17)9-5-6-11-20-12-10-19-15(20)14-7-3-2-4-8-14/h2-4,7-8,10,12H,5-6,9,11,18H2,1H3. The highest BCUT2D eigenvalue weighted by Crippen LogP contribution is 2.18. The van der Waals surface area contributed by atoms with E-state index < -0.39 is 5.54 Å². The zero-order valence-corrected chi connectivity index (χ0v) is 11.8. The Kier molecular flexibility index (Phi) is 4.54. The molecular formula is C16H20N4. The van der Waals surface area contributed by atoms with Crippen LogP contribution in [0.15, 0.2) is 42.7 Å². The van der Waals surface area contributed by atoms with Gasteiger partial charge in [0.25, 0.3) is 0 Å². The van der Waals surface area contributed by atoms with Crippen LogP contribution in [0.5, 0.6) is 0 Å². The van der Waals surface area contributed by atoms with Gasteiger partial charge in [0.05, 0.1) is 6.07 Å². The quantitative estimate of drug-likeness (QED) is 0.819. The van der Waals surface area contributed by atoms with E-state index in [1.54, 1.807) is 6.92 Å². The summed E-state index contributed by atoms with van der Waals surface area (Å²) in [5.41, 5.74) is 6.23. The molecule has 2 N–H and O–H groups in total. The molecule has 1 atom stereocenters. The molecule has 0 aliphatic carbocycles. The molecule has 20 heavy (non-hydrogen) atoms. The lowest BCUT2D eigenvalue weighted by atomic mass is 9.98. The second-order valence-electron chi connectivity index (χ2n) is 5.30. The third kappa shape index (κ3) is 3.69. The molecule has 0 saturated carbocycles. The van der Waals surface area contributed by atoms with E-state index in [0.29, 0.717) is 0 Å². The van der Waals surface area contributed by atoms with Gasteiger partial charge in [-0.1, -0.05) is 30.3 Å². The minimum atomic E-state index is -0.711. The average Bonchev–Trinajstić information content (AvgIpc) is 2.93. The molecule has 2 rings (SSSR count). The van der Waals surface area contributed by atoms with Crippen LogP contribution >= 0.6 is 0 Å². The zero-order valence-electron chi connectivity index (χ0n) is 11.8. The smallest absolute Gasteiger partial charge is 0.139 e. The number of rotatable bonds is 6. The van der Waals surface area contributed by atoms with Crippen molar-refractivity contribution >= 4 is 0 Å². The highest BCUT2D eigenvalue weighted by molar-refractivity contribution is 5.54. The molecule has 0 radical (unpaired) electrons. The van der Waals surface area contributed by atoms with E-state index in [4.69, 9.17) is 11.0 Å². The van der Waals surface area contributed by atoms with Crippen LogP contribution < -0.4 is 5.73 Å². The number of benzene rings is 1. The van der Waals surface area contributed by atoms with Crippen molar-refractivity contribution in [3.8, 4) is 17.5 Å². The Morgan fingerprint density at radius 2 is 2.05 bits per heavy atom. The highest BCUT2D eigenvalue weighted by atomic mass is 15.1. The Balaban J connectivity index is 1.92. The van der Waals surface area contributed by atoms with Gasteiger partial charge in [-0.15, -0.1) is 0 Å². The number of hydrogen-bond acceptors (Lipinski definition) is 3. The summed E-state index contributed by atoms with van der Waals surface area (Å²) in [5.74, 6) is 0.987. The number of nitrogens with two attached hydrogens (primary N) is 1. The number of imidazole rings is 1. The van der Waals surface area contributed by atoms with Crippen LogP contribution in [-0.2, 0) is 6.54 Å². The summed E-state index contributed by atoms with van der Waals surface area (Å²) < 4.78 is 2.15. The van der Waals surface area contributed by atoms with Gasteiger partial charge in [0, 0.05) is 24.5 Å². The Labute approximate surface area is 119 Å². The van der Waals surface area contributed by atoms with Crippen LogP contribution in [0.3, 0.4) is 0 Å². The van der Waals surface area contributed by atoms with Gasteiger partial charge in [-0.3, -0.25) is 0 Å². The SMILES string of the molecule is CC(N)(C#N)CCCCn1ccnc1-c1ccccc1. The van der Waals surface area contributed by atoms with E-state index in [9.17, 15) is 0 Å². The molecule has 4 nitrogen and oxygen atoms in total. The molecule has 1 unspecified atom stereocenters. The Morgan fingerprint density at radius 3 is 2.75 bits per heavy atom. The van der Waals surface area contributed by atoms with E-state index in [-0.39, 0.29) is 0 Å². The molecule has 0 fully saturated rings. The summed E-state index contributed by atoms with van der Waals surface area (Å²) in [7, 11) is 0. The van der Waals surface area contributed by atoms with E-state index in [1.165, 1.54) is 0 Å². The van der Waals surface area contributed by atoms with Crippen LogP contribution in [0, 0.1) is 11.3 Å². The van der Waals surface area contributed by atoms with Crippen molar-refractivity contribution in [3.63, 3.8) is 0 Å². The van der Waals surface area contributed by atoms with Gasteiger partial charge in [-0.05, 0) is 26.2 Å². The first-order valence-corrected chi connectivity index (χ1v) is 6.89. The molecule has 1 aromatic heterocycles. The second kappa shape index (κ2) is 6.36. The summed E-state index contributed by atoms with van der Waals surface area (Å²) in [4.78, 5) is 4.42. The molecule has 0 saturated heterocycles. The van der Waals surface area contributed by atoms with Crippen molar-refractivity contribution in [1.29, 1.82) is 5.26 Å². The zero-order chi connectivity index (χ0) is 14.4. The van der Waals surface area contributed by atoms with Crippen molar-refractivity contribution in [1.82, 2.24) is 9.55 Å². The third-order valence-electron chi connectivity index (χ3n) is 3.35. The predicted octanol–water partition coefficient (Wildman–Crippen LogP) is 2.96. The predicted molar refractivity (Wildman–Crippen MR) is 79.7 cm³/mol. The highest BCUT2D eigenvalue weighted by Gasteiger charge is 2.16. The van der Waals surface area contributed by atoms with Gasteiger partial charge in [0.2, 0.25) is 0 Å². The number of hydrogen-bond donors (Lipinski definition) is 1. The van der Waals surface area contributed by atoms with Crippen molar-refractivity contribution in [2.45, 2.75) is 38.3 Å². The maximum absolute atomic E-state index is 8.88. The number of aryl methyl sites for hydroxylation is 1. The van der Waals surface area contributed by atoms with Gasteiger partial charge < -0.3 is 10.3 Å². The van der Waals surface area contributed by atoms with Gasteiger partial charge in [0.15, 0.2) is 0 Å². The number of nitrogens with zero attached hydrogens (tertiary/aromatic N) is 3. The van der Waals surface area contributed by atoms with Gasteiger partial charge in [-0.2, -0.15) is 5.26 Å². The summed E-state index contributed by atoms with van der Waals surface area (Å²) in [6, 6.07) is 12.3. The van der Waals surface area contributed by atoms with Crippen LogP contribution in [0.1, 0.15) is 26.2 Å². The molecular weight excluding hydrogens is 248 g/mol. The monoisotopic (exact) mass is 268 g/mol. The van der Waals surface area contributed by atoms with Crippen LogP contribution in [0.25, 0.3) is 11.4 Å². The van der Waals surface area contributed by atoms with E-state index in [1.807, 2.05) is 30.6 Å². The molecule has 2 aromatic rings. The minimum Gasteiger partial charge on any atom is -0.331 e. The van der Waals surface area contributed by atoms with Crippen molar-refractivity contribution in [3.05, 3.63) is 42.7 Å². The molecule has 0 bridgehead atoms. The van der Waals surface area contributed by atoms with E-state index >= 15 is 0 Å². The van der Waals surface area contributed by atoms with Crippen LogP contribution in [-0.4, -0.2) is 15.1 Å². The molecule has 0 amide bonds. The summed E-state index contributed by atoms with van der Waals surface area (Å²) in [6.45, 7) is 2.67. The lowest BCUT2D eigenvalue weighted by Crippen LogP contribution is -2.33. The number of aromatic nitrogens is 2. The minimum absolute atomic E-state index is 0.711. The summed E-state index contributed by atoms with van der Waals surface area (Å²) in [6.07, 6.45) is 6.47. The number of unbranched alkanes of at least 4 members (excludes halogenated alkanes) is 1. The lowest BCUT2D eigenvalue weighted by molar-refractivity contribution is 0.488. The third-order valence-corrected chi connectivity index (χ3v) is 3.35. The van der Waals surface area contributed by atoms with E-state index in [2.05, 4.69) is 27.8 Å². The Bertz CT molecular complexity index is 578. The first-order chi connectivity index (χ1) is 9.62. The molecule has 104 valence electrons. The fourth-order valence-electron chi connectivity index (χ4n) is 2.17.